The molecule has 5 heteroatoms. The van der Waals surface area contributed by atoms with E-state index in [0.29, 0.717) is 10.7 Å². The maximum Gasteiger partial charge on any atom is 0.255 e. The molecule has 0 fully saturated rings. The zero-order valence-corrected chi connectivity index (χ0v) is 13.2. The molecule has 0 saturated carbocycles. The molecule has 0 aliphatic rings. The molecule has 0 amide bonds. The number of hydrogen-bond acceptors (Lipinski definition) is 2. The normalized spacial score (nSPS) is 11.7. The van der Waals surface area contributed by atoms with Gasteiger partial charge in [-0.05, 0) is 41.8 Å². The highest BCUT2D eigenvalue weighted by Gasteiger charge is 2.08. The molecular formula is C16H16ClNO2S. The average molecular weight is 322 g/mol. The van der Waals surface area contributed by atoms with Gasteiger partial charge in [0.05, 0.1) is 11.1 Å². The van der Waals surface area contributed by atoms with Crippen molar-refractivity contribution in [3.05, 3.63) is 70.1 Å². The highest BCUT2D eigenvalue weighted by Crippen LogP contribution is 2.18. The molecule has 3 nitrogen and oxygen atoms in total. The van der Waals surface area contributed by atoms with Crippen molar-refractivity contribution in [3.8, 4) is 0 Å². The van der Waals surface area contributed by atoms with Gasteiger partial charge >= 0.3 is 0 Å². The Balaban J connectivity index is 2.17. The zero-order valence-electron chi connectivity index (χ0n) is 11.6. The van der Waals surface area contributed by atoms with Crippen LogP contribution in [0.1, 0.15) is 18.1 Å². The Bertz CT molecular complexity index is 737. The van der Waals surface area contributed by atoms with E-state index in [4.69, 9.17) is 11.6 Å². The summed E-state index contributed by atoms with van der Waals surface area (Å²) in [5.74, 6) is 0. The van der Waals surface area contributed by atoms with Gasteiger partial charge in [-0.15, -0.1) is 0 Å². The zero-order chi connectivity index (χ0) is 15.3. The third-order valence-electron chi connectivity index (χ3n) is 2.96. The molecule has 0 aromatic heterocycles. The van der Waals surface area contributed by atoms with Crippen molar-refractivity contribution < 1.29 is 8.42 Å². The van der Waals surface area contributed by atoms with Crippen molar-refractivity contribution in [2.24, 2.45) is 0 Å². The SMILES string of the molecule is CCc1ccccc1NS(=O)(=O)/C=C/c1ccc(Cl)cc1. The largest absolute Gasteiger partial charge is 0.280 e. The lowest BCUT2D eigenvalue weighted by Crippen LogP contribution is -2.10. The van der Waals surface area contributed by atoms with Gasteiger partial charge in [-0.25, -0.2) is 8.42 Å². The van der Waals surface area contributed by atoms with Crippen LogP contribution in [-0.2, 0) is 16.4 Å². The fourth-order valence-corrected chi connectivity index (χ4v) is 2.89. The summed E-state index contributed by atoms with van der Waals surface area (Å²) in [6, 6.07) is 14.3. The second kappa shape index (κ2) is 6.78. The predicted octanol–water partition coefficient (Wildman–Crippen LogP) is 4.32. The topological polar surface area (TPSA) is 46.2 Å². The van der Waals surface area contributed by atoms with Gasteiger partial charge in [-0.3, -0.25) is 4.72 Å². The van der Waals surface area contributed by atoms with Crippen LogP contribution in [0.15, 0.2) is 53.9 Å². The van der Waals surface area contributed by atoms with E-state index in [9.17, 15) is 8.42 Å². The number of benzene rings is 2. The van der Waals surface area contributed by atoms with Crippen molar-refractivity contribution in [2.75, 3.05) is 4.72 Å². The molecule has 2 rings (SSSR count). The van der Waals surface area contributed by atoms with Crippen LogP contribution in [0.4, 0.5) is 5.69 Å². The number of hydrogen-bond donors (Lipinski definition) is 1. The number of para-hydroxylation sites is 1. The van der Waals surface area contributed by atoms with Gasteiger partial charge in [0.2, 0.25) is 0 Å². The first-order chi connectivity index (χ1) is 10.00. The maximum absolute atomic E-state index is 12.1. The first-order valence-corrected chi connectivity index (χ1v) is 8.47. The number of sulfonamides is 1. The van der Waals surface area contributed by atoms with Gasteiger partial charge in [0, 0.05) is 5.02 Å². The van der Waals surface area contributed by atoms with Gasteiger partial charge in [0.25, 0.3) is 10.0 Å². The van der Waals surface area contributed by atoms with Crippen molar-refractivity contribution in [3.63, 3.8) is 0 Å². The lowest BCUT2D eigenvalue weighted by Gasteiger charge is -2.08. The van der Waals surface area contributed by atoms with E-state index in [0.717, 1.165) is 23.0 Å². The number of rotatable bonds is 5. The molecule has 0 unspecified atom stereocenters. The Morgan fingerprint density at radius 1 is 1.10 bits per heavy atom. The average Bonchev–Trinajstić information content (AvgIpc) is 2.47. The molecule has 0 spiro atoms. The summed E-state index contributed by atoms with van der Waals surface area (Å²) < 4.78 is 26.7. The highest BCUT2D eigenvalue weighted by molar-refractivity contribution is 7.95. The van der Waals surface area contributed by atoms with Crippen LogP contribution in [0.2, 0.25) is 5.02 Å². The fraction of sp³-hybridized carbons (Fsp3) is 0.125. The van der Waals surface area contributed by atoms with E-state index >= 15 is 0 Å². The van der Waals surface area contributed by atoms with Crippen molar-refractivity contribution in [1.82, 2.24) is 0 Å². The second-order valence-electron chi connectivity index (χ2n) is 4.51. The minimum Gasteiger partial charge on any atom is -0.280 e. The number of nitrogens with one attached hydrogen (secondary N) is 1. The van der Waals surface area contributed by atoms with E-state index in [1.165, 1.54) is 6.08 Å². The minimum absolute atomic E-state index is 0.612. The number of anilines is 1. The van der Waals surface area contributed by atoms with Crippen LogP contribution in [0.25, 0.3) is 6.08 Å². The third-order valence-corrected chi connectivity index (χ3v) is 4.21. The van der Waals surface area contributed by atoms with Crippen molar-refractivity contribution in [2.45, 2.75) is 13.3 Å². The Labute approximate surface area is 130 Å². The van der Waals surface area contributed by atoms with E-state index in [1.807, 2.05) is 19.1 Å². The van der Waals surface area contributed by atoms with Gasteiger partial charge in [-0.2, -0.15) is 0 Å². The summed E-state index contributed by atoms with van der Waals surface area (Å²) in [6.07, 6.45) is 2.30. The maximum atomic E-state index is 12.1. The molecule has 0 radical (unpaired) electrons. The summed E-state index contributed by atoms with van der Waals surface area (Å²) >= 11 is 5.79. The fourth-order valence-electron chi connectivity index (χ4n) is 1.86. The summed E-state index contributed by atoms with van der Waals surface area (Å²) in [4.78, 5) is 0. The Kier molecular flexibility index (Phi) is 5.04. The van der Waals surface area contributed by atoms with Gasteiger partial charge < -0.3 is 0 Å². The van der Waals surface area contributed by atoms with E-state index in [2.05, 4.69) is 4.72 Å². The molecular weight excluding hydrogens is 306 g/mol. The molecule has 2 aromatic carbocycles. The Hall–Kier alpha value is -1.78. The van der Waals surface area contributed by atoms with Gasteiger partial charge in [0.1, 0.15) is 0 Å². The Morgan fingerprint density at radius 2 is 1.76 bits per heavy atom. The molecule has 2 aromatic rings. The molecule has 0 heterocycles. The number of halogens is 1. The monoisotopic (exact) mass is 321 g/mol. The van der Waals surface area contributed by atoms with Crippen LogP contribution in [0.3, 0.4) is 0 Å². The molecule has 0 aliphatic heterocycles. The smallest absolute Gasteiger partial charge is 0.255 e. The van der Waals surface area contributed by atoms with E-state index < -0.39 is 10.0 Å². The van der Waals surface area contributed by atoms with E-state index in [-0.39, 0.29) is 0 Å². The molecule has 0 bridgehead atoms. The van der Waals surface area contributed by atoms with Crippen molar-refractivity contribution in [1.29, 1.82) is 0 Å². The Morgan fingerprint density at radius 3 is 2.43 bits per heavy atom. The van der Waals surface area contributed by atoms with Crippen molar-refractivity contribution >= 4 is 33.4 Å². The second-order valence-corrected chi connectivity index (χ2v) is 6.51. The molecule has 110 valence electrons. The molecule has 1 N–H and O–H groups in total. The summed E-state index contributed by atoms with van der Waals surface area (Å²) in [5, 5.41) is 1.77. The lowest BCUT2D eigenvalue weighted by molar-refractivity contribution is 0.609. The van der Waals surface area contributed by atoms with Crippen LogP contribution in [0.5, 0.6) is 0 Å². The van der Waals surface area contributed by atoms with Gasteiger partial charge in [0.15, 0.2) is 0 Å². The van der Waals surface area contributed by atoms with Crippen LogP contribution in [0, 0.1) is 0 Å². The molecule has 0 atom stereocenters. The predicted molar refractivity (Wildman–Crippen MR) is 88.8 cm³/mol. The number of aryl methyl sites for hydroxylation is 1. The third kappa shape index (κ3) is 4.62. The minimum atomic E-state index is -3.54. The van der Waals surface area contributed by atoms with Gasteiger partial charge in [-0.1, -0.05) is 48.9 Å². The first-order valence-electron chi connectivity index (χ1n) is 6.54. The molecule has 0 aliphatic carbocycles. The van der Waals surface area contributed by atoms with E-state index in [1.54, 1.807) is 36.4 Å². The summed E-state index contributed by atoms with van der Waals surface area (Å²) in [6.45, 7) is 1.98. The summed E-state index contributed by atoms with van der Waals surface area (Å²) in [5.41, 5.74) is 2.34. The quantitative estimate of drug-likeness (QED) is 0.891. The molecule has 0 saturated heterocycles. The lowest BCUT2D eigenvalue weighted by atomic mass is 10.1. The summed E-state index contributed by atoms with van der Waals surface area (Å²) in [7, 11) is -3.54. The standard InChI is InChI=1S/C16H16ClNO2S/c1-2-14-5-3-4-6-16(14)18-21(19,20)12-11-13-7-9-15(17)10-8-13/h3-12,18H,2H2,1H3/b12-11+. The van der Waals surface area contributed by atoms with Crippen LogP contribution in [-0.4, -0.2) is 8.42 Å². The van der Waals surface area contributed by atoms with Crippen LogP contribution >= 0.6 is 11.6 Å². The highest BCUT2D eigenvalue weighted by atomic mass is 35.5. The molecule has 21 heavy (non-hydrogen) atoms. The van der Waals surface area contributed by atoms with Crippen LogP contribution < -0.4 is 4.72 Å². The first kappa shape index (κ1) is 15.6.